The van der Waals surface area contributed by atoms with Crippen molar-refractivity contribution in [1.82, 2.24) is 14.9 Å². The van der Waals surface area contributed by atoms with Crippen molar-refractivity contribution in [3.05, 3.63) is 95.0 Å². The normalized spacial score (nSPS) is 16.1. The summed E-state index contributed by atoms with van der Waals surface area (Å²) in [5.41, 5.74) is 4.15. The van der Waals surface area contributed by atoms with Gasteiger partial charge in [0.1, 0.15) is 17.4 Å². The fourth-order valence-corrected chi connectivity index (χ4v) is 4.66. The summed E-state index contributed by atoms with van der Waals surface area (Å²) < 4.78 is 5.45. The van der Waals surface area contributed by atoms with Crippen LogP contribution in [0.2, 0.25) is 5.02 Å². The number of aromatic nitrogens is 2. The SMILES string of the molecule is COc1cccc(-c2nc(Nc3ccc(Cl)c(C)c3)cc(N3CCN(C)C(c4ccccc4)C3)n2)c1. The number of piperazine rings is 1. The summed E-state index contributed by atoms with van der Waals surface area (Å²) in [5, 5.41) is 4.20. The molecule has 1 aromatic heterocycles. The first-order valence-corrected chi connectivity index (χ1v) is 12.4. The molecule has 4 aromatic rings. The maximum absolute atomic E-state index is 6.24. The number of rotatable bonds is 6. The molecule has 0 spiro atoms. The van der Waals surface area contributed by atoms with Gasteiger partial charge in [0.25, 0.3) is 0 Å². The van der Waals surface area contributed by atoms with E-state index in [-0.39, 0.29) is 6.04 Å². The average Bonchev–Trinajstić information content (AvgIpc) is 2.91. The molecule has 1 atom stereocenters. The third-order valence-electron chi connectivity index (χ3n) is 6.63. The molecule has 1 N–H and O–H groups in total. The lowest BCUT2D eigenvalue weighted by atomic mass is 10.0. The minimum atomic E-state index is 0.283. The first-order chi connectivity index (χ1) is 17.5. The van der Waals surface area contributed by atoms with Gasteiger partial charge in [0.05, 0.1) is 13.2 Å². The van der Waals surface area contributed by atoms with Gasteiger partial charge in [0.2, 0.25) is 0 Å². The number of nitrogens with one attached hydrogen (secondary N) is 1. The fraction of sp³-hybridized carbons (Fsp3) is 0.241. The second kappa shape index (κ2) is 10.6. The molecule has 184 valence electrons. The number of benzene rings is 3. The Morgan fingerprint density at radius 2 is 1.78 bits per heavy atom. The van der Waals surface area contributed by atoms with Gasteiger partial charge in [0.15, 0.2) is 5.82 Å². The van der Waals surface area contributed by atoms with Crippen molar-refractivity contribution in [3.8, 4) is 17.1 Å². The van der Waals surface area contributed by atoms with Crippen molar-refractivity contribution in [2.45, 2.75) is 13.0 Å². The van der Waals surface area contributed by atoms with Gasteiger partial charge < -0.3 is 15.0 Å². The third-order valence-corrected chi connectivity index (χ3v) is 7.05. The van der Waals surface area contributed by atoms with Gasteiger partial charge in [0, 0.05) is 42.0 Å². The Balaban J connectivity index is 1.52. The summed E-state index contributed by atoms with van der Waals surface area (Å²) in [6.45, 7) is 4.66. The lowest BCUT2D eigenvalue weighted by molar-refractivity contribution is 0.220. The molecule has 6 nitrogen and oxygen atoms in total. The maximum atomic E-state index is 6.24. The number of aryl methyl sites for hydroxylation is 1. The number of methoxy groups -OCH3 is 1. The number of likely N-dealkylation sites (N-methyl/N-ethyl adjacent to an activating group) is 1. The van der Waals surface area contributed by atoms with E-state index >= 15 is 0 Å². The van der Waals surface area contributed by atoms with E-state index in [0.717, 1.165) is 58.9 Å². The second-order valence-corrected chi connectivity index (χ2v) is 9.52. The smallest absolute Gasteiger partial charge is 0.164 e. The summed E-state index contributed by atoms with van der Waals surface area (Å²) in [5.74, 6) is 3.04. The molecule has 1 aliphatic heterocycles. The van der Waals surface area contributed by atoms with Crippen LogP contribution in [0.3, 0.4) is 0 Å². The van der Waals surface area contributed by atoms with E-state index in [2.05, 4.69) is 52.5 Å². The molecule has 1 unspecified atom stereocenters. The largest absolute Gasteiger partial charge is 0.497 e. The summed E-state index contributed by atoms with van der Waals surface area (Å²) in [6.07, 6.45) is 0. The number of halogens is 1. The highest BCUT2D eigenvalue weighted by Crippen LogP contribution is 2.31. The van der Waals surface area contributed by atoms with Crippen molar-refractivity contribution in [2.24, 2.45) is 0 Å². The van der Waals surface area contributed by atoms with Crippen molar-refractivity contribution < 1.29 is 4.74 Å². The molecule has 2 heterocycles. The van der Waals surface area contributed by atoms with Gasteiger partial charge >= 0.3 is 0 Å². The standard InChI is InChI=1S/C29H30ClN5O/c1-20-16-23(12-13-25(20)30)31-27-18-28(33-29(32-27)22-10-7-11-24(17-22)36-3)35-15-14-34(2)26(19-35)21-8-5-4-6-9-21/h4-13,16-18,26H,14-15,19H2,1-3H3,(H,31,32,33). The van der Waals surface area contributed by atoms with E-state index in [1.807, 2.05) is 55.5 Å². The number of hydrogen-bond acceptors (Lipinski definition) is 6. The summed E-state index contributed by atoms with van der Waals surface area (Å²) >= 11 is 6.24. The average molecular weight is 500 g/mol. The van der Waals surface area contributed by atoms with E-state index in [1.54, 1.807) is 7.11 Å². The minimum absolute atomic E-state index is 0.283. The van der Waals surface area contributed by atoms with Crippen molar-refractivity contribution in [1.29, 1.82) is 0 Å². The molecule has 1 fully saturated rings. The van der Waals surface area contributed by atoms with E-state index in [4.69, 9.17) is 26.3 Å². The van der Waals surface area contributed by atoms with Crippen LogP contribution in [-0.2, 0) is 0 Å². The number of hydrogen-bond donors (Lipinski definition) is 1. The van der Waals surface area contributed by atoms with Gasteiger partial charge in [-0.05, 0) is 55.4 Å². The lowest BCUT2D eigenvalue weighted by Crippen LogP contribution is -2.47. The Hall–Kier alpha value is -3.61. The van der Waals surface area contributed by atoms with Crippen molar-refractivity contribution >= 4 is 28.9 Å². The molecule has 7 heteroatoms. The van der Waals surface area contributed by atoms with Crippen LogP contribution in [0.1, 0.15) is 17.2 Å². The summed E-state index contributed by atoms with van der Waals surface area (Å²) in [6, 6.07) is 26.7. The van der Waals surface area contributed by atoms with Crippen LogP contribution in [0, 0.1) is 6.92 Å². The summed E-state index contributed by atoms with van der Waals surface area (Å²) in [7, 11) is 3.85. The highest BCUT2D eigenvalue weighted by Gasteiger charge is 2.27. The Morgan fingerprint density at radius 3 is 2.56 bits per heavy atom. The number of ether oxygens (including phenoxy) is 1. The Kier molecular flexibility index (Phi) is 7.07. The van der Waals surface area contributed by atoms with Gasteiger partial charge in [-0.25, -0.2) is 9.97 Å². The van der Waals surface area contributed by atoms with Gasteiger partial charge in [-0.3, -0.25) is 4.90 Å². The van der Waals surface area contributed by atoms with Crippen LogP contribution < -0.4 is 15.0 Å². The predicted octanol–water partition coefficient (Wildman–Crippen LogP) is 6.35. The monoisotopic (exact) mass is 499 g/mol. The quantitative estimate of drug-likeness (QED) is 0.333. The molecule has 0 aliphatic carbocycles. The zero-order valence-electron chi connectivity index (χ0n) is 20.8. The Bertz CT molecular complexity index is 1350. The molecule has 0 bridgehead atoms. The van der Waals surface area contributed by atoms with Crippen molar-refractivity contribution in [3.63, 3.8) is 0 Å². The lowest BCUT2D eigenvalue weighted by Gasteiger charge is -2.40. The summed E-state index contributed by atoms with van der Waals surface area (Å²) in [4.78, 5) is 14.6. The molecule has 0 radical (unpaired) electrons. The molecule has 5 rings (SSSR count). The van der Waals surface area contributed by atoms with Gasteiger partial charge in [-0.2, -0.15) is 0 Å². The van der Waals surface area contributed by atoms with Crippen LogP contribution >= 0.6 is 11.6 Å². The molecule has 0 saturated carbocycles. The molecule has 1 saturated heterocycles. The Labute approximate surface area is 217 Å². The van der Waals surface area contributed by atoms with E-state index in [1.165, 1.54) is 5.56 Å². The van der Waals surface area contributed by atoms with E-state index < -0.39 is 0 Å². The van der Waals surface area contributed by atoms with Crippen LogP contribution in [0.4, 0.5) is 17.3 Å². The molecule has 1 aliphatic rings. The predicted molar refractivity (Wildman–Crippen MR) is 148 cm³/mol. The first-order valence-electron chi connectivity index (χ1n) is 12.1. The third kappa shape index (κ3) is 5.30. The second-order valence-electron chi connectivity index (χ2n) is 9.11. The Morgan fingerprint density at radius 1 is 0.944 bits per heavy atom. The van der Waals surface area contributed by atoms with Crippen LogP contribution in [0.15, 0.2) is 78.9 Å². The maximum Gasteiger partial charge on any atom is 0.164 e. The zero-order chi connectivity index (χ0) is 25.1. The molecule has 0 amide bonds. The van der Waals surface area contributed by atoms with Gasteiger partial charge in [-0.15, -0.1) is 0 Å². The van der Waals surface area contributed by atoms with Crippen LogP contribution in [0.5, 0.6) is 5.75 Å². The highest BCUT2D eigenvalue weighted by atomic mass is 35.5. The molecule has 36 heavy (non-hydrogen) atoms. The van der Waals surface area contributed by atoms with Crippen LogP contribution in [0.25, 0.3) is 11.4 Å². The fourth-order valence-electron chi connectivity index (χ4n) is 4.54. The molecule has 3 aromatic carbocycles. The highest BCUT2D eigenvalue weighted by molar-refractivity contribution is 6.31. The topological polar surface area (TPSA) is 53.5 Å². The van der Waals surface area contributed by atoms with E-state index in [9.17, 15) is 0 Å². The van der Waals surface area contributed by atoms with Gasteiger partial charge in [-0.1, -0.05) is 54.1 Å². The number of nitrogens with zero attached hydrogens (tertiary/aromatic N) is 4. The van der Waals surface area contributed by atoms with Crippen LogP contribution in [-0.4, -0.2) is 48.7 Å². The minimum Gasteiger partial charge on any atom is -0.497 e. The molecular weight excluding hydrogens is 470 g/mol. The first kappa shape index (κ1) is 24.1. The zero-order valence-corrected chi connectivity index (χ0v) is 21.5. The molecular formula is C29H30ClN5O. The number of anilines is 3. The van der Waals surface area contributed by atoms with E-state index in [0.29, 0.717) is 5.82 Å². The van der Waals surface area contributed by atoms with Crippen molar-refractivity contribution in [2.75, 3.05) is 44.0 Å².